The maximum atomic E-state index is 11.7. The molecule has 0 saturated heterocycles. The predicted octanol–water partition coefficient (Wildman–Crippen LogP) is 1.55. The number of nitrogens with zero attached hydrogens (tertiary/aromatic N) is 1. The van der Waals surface area contributed by atoms with E-state index in [4.69, 9.17) is 15.1 Å². The minimum atomic E-state index is -1.07. The molecule has 1 atom stereocenters. The first kappa shape index (κ1) is 16.5. The number of nitriles is 1. The van der Waals surface area contributed by atoms with Crippen molar-refractivity contribution in [2.75, 3.05) is 6.61 Å². The number of hydrogen-bond donors (Lipinski definition) is 2. The zero-order valence-corrected chi connectivity index (χ0v) is 12.0. The smallest absolute Gasteiger partial charge is 0.326 e. The van der Waals surface area contributed by atoms with Crippen molar-refractivity contribution in [3.63, 3.8) is 0 Å². The normalized spacial score (nSPS) is 11.5. The largest absolute Gasteiger partial charge is 0.482 e. The summed E-state index contributed by atoms with van der Waals surface area (Å²) in [5, 5.41) is 20.3. The van der Waals surface area contributed by atoms with Crippen LogP contribution in [-0.2, 0) is 9.59 Å². The minimum Gasteiger partial charge on any atom is -0.482 e. The minimum absolute atomic E-state index is 0.145. The molecule has 6 heteroatoms. The van der Waals surface area contributed by atoms with Gasteiger partial charge in [0.15, 0.2) is 6.61 Å². The fourth-order valence-corrected chi connectivity index (χ4v) is 1.76. The van der Waals surface area contributed by atoms with Gasteiger partial charge in [-0.25, -0.2) is 4.79 Å². The van der Waals surface area contributed by atoms with Crippen molar-refractivity contribution in [1.82, 2.24) is 5.32 Å². The Morgan fingerprint density at radius 3 is 2.62 bits per heavy atom. The molecule has 0 bridgehead atoms. The zero-order valence-electron chi connectivity index (χ0n) is 12.0. The van der Waals surface area contributed by atoms with E-state index < -0.39 is 17.9 Å². The maximum absolute atomic E-state index is 11.7. The summed E-state index contributed by atoms with van der Waals surface area (Å²) < 4.78 is 5.25. The van der Waals surface area contributed by atoms with Crippen molar-refractivity contribution >= 4 is 11.9 Å². The number of aliphatic carboxylic acids is 1. The lowest BCUT2D eigenvalue weighted by Crippen LogP contribution is -2.43. The third-order valence-corrected chi connectivity index (χ3v) is 2.71. The van der Waals surface area contributed by atoms with Crippen LogP contribution in [0.15, 0.2) is 24.3 Å². The van der Waals surface area contributed by atoms with E-state index in [-0.39, 0.29) is 12.5 Å². The van der Waals surface area contributed by atoms with Gasteiger partial charge in [-0.1, -0.05) is 26.0 Å². The first-order valence-electron chi connectivity index (χ1n) is 6.58. The van der Waals surface area contributed by atoms with Gasteiger partial charge in [0.25, 0.3) is 5.91 Å². The molecule has 1 amide bonds. The summed E-state index contributed by atoms with van der Waals surface area (Å²) in [6, 6.07) is 7.55. The first-order valence-corrected chi connectivity index (χ1v) is 6.58. The van der Waals surface area contributed by atoms with Gasteiger partial charge in [-0.2, -0.15) is 5.26 Å². The van der Waals surface area contributed by atoms with E-state index in [1.807, 2.05) is 19.9 Å². The van der Waals surface area contributed by atoms with Gasteiger partial charge >= 0.3 is 5.97 Å². The molecule has 0 heterocycles. The highest BCUT2D eigenvalue weighted by molar-refractivity contribution is 5.84. The highest BCUT2D eigenvalue weighted by atomic mass is 16.5. The number of para-hydroxylation sites is 1. The molecule has 1 aromatic rings. The fraction of sp³-hybridized carbons (Fsp3) is 0.400. The quantitative estimate of drug-likeness (QED) is 0.793. The maximum Gasteiger partial charge on any atom is 0.326 e. The molecular formula is C15H18N2O4. The summed E-state index contributed by atoms with van der Waals surface area (Å²) in [7, 11) is 0. The van der Waals surface area contributed by atoms with Crippen LogP contribution in [0.1, 0.15) is 25.8 Å². The van der Waals surface area contributed by atoms with E-state index in [0.29, 0.717) is 17.7 Å². The van der Waals surface area contributed by atoms with Crippen molar-refractivity contribution in [2.24, 2.45) is 5.92 Å². The molecule has 21 heavy (non-hydrogen) atoms. The fourth-order valence-electron chi connectivity index (χ4n) is 1.76. The third-order valence-electron chi connectivity index (χ3n) is 2.71. The summed E-state index contributed by atoms with van der Waals surface area (Å²) >= 11 is 0. The lowest BCUT2D eigenvalue weighted by atomic mass is 10.0. The molecule has 0 aromatic heterocycles. The molecule has 112 valence electrons. The van der Waals surface area contributed by atoms with Crippen LogP contribution in [0.3, 0.4) is 0 Å². The zero-order chi connectivity index (χ0) is 15.8. The second-order valence-electron chi connectivity index (χ2n) is 4.98. The monoisotopic (exact) mass is 290 g/mol. The number of carboxylic acids is 1. The molecule has 0 fully saturated rings. The molecule has 1 rings (SSSR count). The van der Waals surface area contributed by atoms with Crippen molar-refractivity contribution in [3.8, 4) is 11.8 Å². The lowest BCUT2D eigenvalue weighted by Gasteiger charge is -2.16. The standard InChI is InChI=1S/C15H18N2O4/c1-10(2)7-12(15(19)20)17-14(18)9-21-13-6-4-3-5-11(13)8-16/h3-6,10,12H,7,9H2,1-2H3,(H,17,18)(H,19,20). The van der Waals surface area contributed by atoms with Gasteiger partial charge in [-0.05, 0) is 24.5 Å². The third kappa shape index (κ3) is 5.53. The van der Waals surface area contributed by atoms with Gasteiger partial charge in [0.2, 0.25) is 0 Å². The molecule has 0 radical (unpaired) electrons. The Kier molecular flexibility index (Phi) is 6.21. The number of carboxylic acid groups (broad SMARTS) is 1. The van der Waals surface area contributed by atoms with Gasteiger partial charge in [0.05, 0.1) is 5.56 Å². The van der Waals surface area contributed by atoms with Crippen LogP contribution in [0, 0.1) is 17.2 Å². The Morgan fingerprint density at radius 1 is 1.38 bits per heavy atom. The molecule has 1 unspecified atom stereocenters. The van der Waals surface area contributed by atoms with E-state index in [1.165, 1.54) is 0 Å². The van der Waals surface area contributed by atoms with Crippen LogP contribution < -0.4 is 10.1 Å². The summed E-state index contributed by atoms with van der Waals surface area (Å²) in [4.78, 5) is 22.8. The summed E-state index contributed by atoms with van der Waals surface area (Å²) in [6.45, 7) is 3.42. The summed E-state index contributed by atoms with van der Waals surface area (Å²) in [5.41, 5.74) is 0.322. The molecule has 0 spiro atoms. The Morgan fingerprint density at radius 2 is 2.05 bits per heavy atom. The number of nitrogens with one attached hydrogen (secondary N) is 1. The predicted molar refractivity (Wildman–Crippen MR) is 75.7 cm³/mol. The van der Waals surface area contributed by atoms with Crippen LogP contribution in [0.5, 0.6) is 5.75 Å². The Balaban J connectivity index is 2.57. The molecular weight excluding hydrogens is 272 g/mol. The summed E-state index contributed by atoms with van der Waals surface area (Å²) in [5.74, 6) is -1.16. The molecule has 0 aliphatic carbocycles. The SMILES string of the molecule is CC(C)CC(NC(=O)COc1ccccc1C#N)C(=O)O. The highest BCUT2D eigenvalue weighted by Crippen LogP contribution is 2.16. The number of ether oxygens (including phenoxy) is 1. The Bertz CT molecular complexity index is 549. The molecule has 0 aliphatic heterocycles. The second kappa shape index (κ2) is 7.90. The molecule has 0 aliphatic rings. The van der Waals surface area contributed by atoms with Crippen LogP contribution in [-0.4, -0.2) is 29.6 Å². The molecule has 0 saturated carbocycles. The van der Waals surface area contributed by atoms with E-state index >= 15 is 0 Å². The van der Waals surface area contributed by atoms with E-state index in [2.05, 4.69) is 5.32 Å². The van der Waals surface area contributed by atoms with Crippen molar-refractivity contribution in [1.29, 1.82) is 5.26 Å². The van der Waals surface area contributed by atoms with Crippen molar-refractivity contribution in [3.05, 3.63) is 29.8 Å². The summed E-state index contributed by atoms with van der Waals surface area (Å²) in [6.07, 6.45) is 0.343. The van der Waals surface area contributed by atoms with Gasteiger partial charge < -0.3 is 15.2 Å². The number of carbonyl (C=O) groups is 2. The van der Waals surface area contributed by atoms with E-state index in [1.54, 1.807) is 24.3 Å². The molecule has 1 aromatic carbocycles. The average molecular weight is 290 g/mol. The van der Waals surface area contributed by atoms with Crippen LogP contribution in [0.4, 0.5) is 0 Å². The van der Waals surface area contributed by atoms with Crippen molar-refractivity contribution < 1.29 is 19.4 Å². The van der Waals surface area contributed by atoms with Crippen LogP contribution in [0.2, 0.25) is 0 Å². The number of carbonyl (C=O) groups excluding carboxylic acids is 1. The second-order valence-corrected chi connectivity index (χ2v) is 4.98. The number of benzene rings is 1. The van der Waals surface area contributed by atoms with Gasteiger partial charge in [0, 0.05) is 0 Å². The van der Waals surface area contributed by atoms with Crippen LogP contribution in [0.25, 0.3) is 0 Å². The van der Waals surface area contributed by atoms with Crippen molar-refractivity contribution in [2.45, 2.75) is 26.3 Å². The topological polar surface area (TPSA) is 99.4 Å². The molecule has 2 N–H and O–H groups in total. The van der Waals surface area contributed by atoms with Crippen LogP contribution >= 0.6 is 0 Å². The average Bonchev–Trinajstić information content (AvgIpc) is 2.44. The number of rotatable bonds is 7. The Labute approximate surface area is 123 Å². The van der Waals surface area contributed by atoms with Gasteiger partial charge in [-0.15, -0.1) is 0 Å². The number of amides is 1. The van der Waals surface area contributed by atoms with Gasteiger partial charge in [0.1, 0.15) is 17.9 Å². The highest BCUT2D eigenvalue weighted by Gasteiger charge is 2.21. The van der Waals surface area contributed by atoms with Gasteiger partial charge in [-0.3, -0.25) is 4.79 Å². The molecule has 6 nitrogen and oxygen atoms in total. The Hall–Kier alpha value is -2.55. The first-order chi connectivity index (χ1) is 9.93. The number of hydrogen-bond acceptors (Lipinski definition) is 4. The lowest BCUT2D eigenvalue weighted by molar-refractivity contribution is -0.142. The van der Waals surface area contributed by atoms with E-state index in [0.717, 1.165) is 0 Å². The van der Waals surface area contributed by atoms with E-state index in [9.17, 15) is 9.59 Å².